The largest absolute Gasteiger partial charge is 0.482 e. The molecule has 0 saturated heterocycles. The van der Waals surface area contributed by atoms with Crippen LogP contribution in [0.4, 0.5) is 11.4 Å². The molecule has 1 aliphatic heterocycles. The van der Waals surface area contributed by atoms with Gasteiger partial charge in [-0.05, 0) is 62.2 Å². The molecule has 1 aliphatic rings. The molecule has 0 aliphatic carbocycles. The van der Waals surface area contributed by atoms with Gasteiger partial charge in [0, 0.05) is 10.9 Å². The summed E-state index contributed by atoms with van der Waals surface area (Å²) in [5.74, 6) is 0.499. The smallest absolute Gasteiger partial charge is 0.262 e. The highest BCUT2D eigenvalue weighted by molar-refractivity contribution is 7.07. The highest BCUT2D eigenvalue weighted by atomic mass is 32.1. The molecule has 0 atom stereocenters. The monoisotopic (exact) mass is 468 g/mol. The van der Waals surface area contributed by atoms with Crippen molar-refractivity contribution in [3.8, 4) is 17.0 Å². The van der Waals surface area contributed by atoms with Gasteiger partial charge in [-0.2, -0.15) is 5.10 Å². The number of rotatable bonds is 4. The van der Waals surface area contributed by atoms with Gasteiger partial charge in [-0.25, -0.2) is 9.67 Å². The highest BCUT2D eigenvalue weighted by Gasteiger charge is 2.18. The van der Waals surface area contributed by atoms with Crippen LogP contribution < -0.4 is 14.9 Å². The van der Waals surface area contributed by atoms with Crippen molar-refractivity contribution in [1.82, 2.24) is 4.68 Å². The van der Waals surface area contributed by atoms with Gasteiger partial charge in [0.1, 0.15) is 5.75 Å². The molecule has 1 N–H and O–H groups in total. The summed E-state index contributed by atoms with van der Waals surface area (Å²) >= 11 is 1.51. The van der Waals surface area contributed by atoms with Gasteiger partial charge in [-0.3, -0.25) is 4.79 Å². The van der Waals surface area contributed by atoms with E-state index in [9.17, 15) is 4.79 Å². The molecule has 7 heteroatoms. The van der Waals surface area contributed by atoms with E-state index in [1.54, 1.807) is 0 Å². The molecule has 4 aromatic rings. The standard InChI is InChI=1S/C27H24N4O2S/c1-17-5-9-22(10-6-17)29-27-31(28-14-21-12-18(2)4-7-19(21)3)24(16-34-27)20-8-11-25-23(13-20)30-26(32)15-33-25/h4-14,16H,15H2,1-3H3,(H,30,32). The fourth-order valence-electron chi connectivity index (χ4n) is 3.68. The van der Waals surface area contributed by atoms with Crippen molar-refractivity contribution in [2.24, 2.45) is 10.1 Å². The lowest BCUT2D eigenvalue weighted by Crippen LogP contribution is -2.25. The number of hydrogen-bond acceptors (Lipinski definition) is 5. The molecule has 1 aromatic heterocycles. The SMILES string of the molecule is Cc1ccc(N=c2scc(-c3ccc4c(c3)NC(=O)CO4)n2N=Cc2cc(C)ccc2C)cc1. The van der Waals surface area contributed by atoms with E-state index in [4.69, 9.17) is 14.8 Å². The van der Waals surface area contributed by atoms with Crippen molar-refractivity contribution in [2.75, 3.05) is 11.9 Å². The Kier molecular flexibility index (Phi) is 5.86. The molecule has 34 heavy (non-hydrogen) atoms. The van der Waals surface area contributed by atoms with E-state index in [0.717, 1.165) is 32.9 Å². The van der Waals surface area contributed by atoms with E-state index in [1.807, 2.05) is 58.7 Å². The van der Waals surface area contributed by atoms with Crippen molar-refractivity contribution in [3.05, 3.63) is 93.1 Å². The van der Waals surface area contributed by atoms with Crippen molar-refractivity contribution in [3.63, 3.8) is 0 Å². The molecule has 2 heterocycles. The molecule has 0 radical (unpaired) electrons. The maximum atomic E-state index is 11.8. The zero-order chi connectivity index (χ0) is 23.7. The van der Waals surface area contributed by atoms with Gasteiger partial charge < -0.3 is 10.1 Å². The Morgan fingerprint density at radius 2 is 1.79 bits per heavy atom. The van der Waals surface area contributed by atoms with Gasteiger partial charge in [0.2, 0.25) is 4.80 Å². The maximum Gasteiger partial charge on any atom is 0.262 e. The van der Waals surface area contributed by atoms with E-state index in [2.05, 4.69) is 44.3 Å². The number of carbonyl (C=O) groups excluding carboxylic acids is 1. The number of benzene rings is 3. The summed E-state index contributed by atoms with van der Waals surface area (Å²) in [5.41, 5.74) is 7.86. The number of aryl methyl sites for hydroxylation is 3. The van der Waals surface area contributed by atoms with Crippen LogP contribution in [0.3, 0.4) is 0 Å². The van der Waals surface area contributed by atoms with Crippen LogP contribution in [-0.2, 0) is 4.79 Å². The van der Waals surface area contributed by atoms with Crippen LogP contribution >= 0.6 is 11.3 Å². The molecule has 6 nitrogen and oxygen atoms in total. The third-order valence-corrected chi connectivity index (χ3v) is 6.42. The van der Waals surface area contributed by atoms with Crippen LogP contribution in [0.1, 0.15) is 22.3 Å². The lowest BCUT2D eigenvalue weighted by molar-refractivity contribution is -0.118. The quantitative estimate of drug-likeness (QED) is 0.397. The topological polar surface area (TPSA) is 68.0 Å². The van der Waals surface area contributed by atoms with Gasteiger partial charge in [0.25, 0.3) is 5.91 Å². The second kappa shape index (κ2) is 9.11. The van der Waals surface area contributed by atoms with Crippen molar-refractivity contribution >= 4 is 34.8 Å². The second-order valence-electron chi connectivity index (χ2n) is 8.32. The molecule has 3 aromatic carbocycles. The van der Waals surface area contributed by atoms with Gasteiger partial charge in [-0.1, -0.05) is 41.5 Å². The molecule has 0 spiro atoms. The Labute approximate surface area is 201 Å². The Morgan fingerprint density at radius 3 is 2.62 bits per heavy atom. The lowest BCUT2D eigenvalue weighted by atomic mass is 10.1. The third-order valence-electron chi connectivity index (χ3n) is 5.60. The molecule has 0 fully saturated rings. The second-order valence-corrected chi connectivity index (χ2v) is 9.15. The Hall–Kier alpha value is -3.97. The molecule has 5 rings (SSSR count). The number of aromatic nitrogens is 1. The molecule has 0 bridgehead atoms. The van der Waals surface area contributed by atoms with Gasteiger partial charge in [0.05, 0.1) is 23.3 Å². The Bertz CT molecular complexity index is 1480. The number of carbonyl (C=O) groups is 1. The summed E-state index contributed by atoms with van der Waals surface area (Å²) in [6.07, 6.45) is 1.87. The molecule has 0 saturated carbocycles. The van der Waals surface area contributed by atoms with Crippen molar-refractivity contribution < 1.29 is 9.53 Å². The van der Waals surface area contributed by atoms with Crippen LogP contribution in [0.25, 0.3) is 11.3 Å². The van der Waals surface area contributed by atoms with E-state index in [-0.39, 0.29) is 12.5 Å². The van der Waals surface area contributed by atoms with E-state index in [0.29, 0.717) is 11.4 Å². The summed E-state index contributed by atoms with van der Waals surface area (Å²) in [6, 6.07) is 20.2. The number of fused-ring (bicyclic) bond motifs is 1. The maximum absolute atomic E-state index is 11.8. The van der Waals surface area contributed by atoms with Crippen LogP contribution in [0.5, 0.6) is 5.75 Å². The highest BCUT2D eigenvalue weighted by Crippen LogP contribution is 2.33. The minimum atomic E-state index is -0.161. The summed E-state index contributed by atoms with van der Waals surface area (Å²) < 4.78 is 7.36. The fraction of sp³-hybridized carbons (Fsp3) is 0.148. The molecule has 170 valence electrons. The Balaban J connectivity index is 1.64. The van der Waals surface area contributed by atoms with Crippen LogP contribution in [0.15, 0.2) is 76.1 Å². The van der Waals surface area contributed by atoms with E-state index >= 15 is 0 Å². The van der Waals surface area contributed by atoms with E-state index in [1.165, 1.54) is 22.5 Å². The number of nitrogens with one attached hydrogen (secondary N) is 1. The summed E-state index contributed by atoms with van der Waals surface area (Å²) in [7, 11) is 0. The summed E-state index contributed by atoms with van der Waals surface area (Å²) in [5, 5.41) is 9.75. The normalized spacial score (nSPS) is 13.6. The lowest BCUT2D eigenvalue weighted by Gasteiger charge is -2.18. The number of thiazole rings is 1. The first-order chi connectivity index (χ1) is 16.5. The van der Waals surface area contributed by atoms with Gasteiger partial charge in [-0.15, -0.1) is 11.3 Å². The third kappa shape index (κ3) is 4.56. The fourth-order valence-corrected chi connectivity index (χ4v) is 4.53. The van der Waals surface area contributed by atoms with E-state index < -0.39 is 0 Å². The number of nitrogens with zero attached hydrogens (tertiary/aromatic N) is 3. The first-order valence-electron chi connectivity index (χ1n) is 11.0. The van der Waals surface area contributed by atoms with Crippen LogP contribution in [0.2, 0.25) is 0 Å². The first-order valence-corrected chi connectivity index (χ1v) is 11.8. The number of ether oxygens (including phenoxy) is 1. The summed E-state index contributed by atoms with van der Waals surface area (Å²) in [6.45, 7) is 6.23. The molecule has 0 unspecified atom stereocenters. The van der Waals surface area contributed by atoms with Crippen LogP contribution in [0, 0.1) is 20.8 Å². The molecule has 1 amide bonds. The average Bonchev–Trinajstić information content (AvgIpc) is 3.23. The first kappa shape index (κ1) is 21.9. The van der Waals surface area contributed by atoms with Gasteiger partial charge in [0.15, 0.2) is 6.61 Å². The Morgan fingerprint density at radius 1 is 1.00 bits per heavy atom. The average molecular weight is 469 g/mol. The minimum absolute atomic E-state index is 0.0323. The number of amides is 1. The van der Waals surface area contributed by atoms with Crippen molar-refractivity contribution in [2.45, 2.75) is 20.8 Å². The molecular weight excluding hydrogens is 444 g/mol. The number of anilines is 1. The molecular formula is C27H24N4O2S. The minimum Gasteiger partial charge on any atom is -0.482 e. The predicted octanol–water partition coefficient (Wildman–Crippen LogP) is 5.59. The predicted molar refractivity (Wildman–Crippen MR) is 137 cm³/mol. The number of hydrogen-bond donors (Lipinski definition) is 1. The van der Waals surface area contributed by atoms with Crippen molar-refractivity contribution in [1.29, 1.82) is 0 Å². The zero-order valence-corrected chi connectivity index (χ0v) is 20.0. The van der Waals surface area contributed by atoms with Gasteiger partial charge >= 0.3 is 0 Å². The summed E-state index contributed by atoms with van der Waals surface area (Å²) in [4.78, 5) is 17.4. The zero-order valence-electron chi connectivity index (χ0n) is 19.2. The van der Waals surface area contributed by atoms with Crippen LogP contribution in [-0.4, -0.2) is 23.4 Å².